The summed E-state index contributed by atoms with van der Waals surface area (Å²) in [7, 11) is 0. The van der Waals surface area contributed by atoms with Gasteiger partial charge in [-0.05, 0) is 11.9 Å². The number of carbonyl (C=O) groups excluding carboxylic acids is 1. The van der Waals surface area contributed by atoms with Crippen LogP contribution in [-0.4, -0.2) is 17.0 Å². The van der Waals surface area contributed by atoms with Crippen LogP contribution in [-0.2, 0) is 4.79 Å². The maximum Gasteiger partial charge on any atom is 0.145 e. The summed E-state index contributed by atoms with van der Waals surface area (Å²) in [6, 6.07) is 0. The van der Waals surface area contributed by atoms with Crippen molar-refractivity contribution in [1.29, 1.82) is 0 Å². The second-order valence-electron chi connectivity index (χ2n) is 1.46. The van der Waals surface area contributed by atoms with Crippen LogP contribution in [0.5, 0.6) is 0 Å². The van der Waals surface area contributed by atoms with Crippen molar-refractivity contribution in [1.82, 2.24) is 0 Å². The molecule has 0 saturated carbocycles. The van der Waals surface area contributed by atoms with Crippen molar-refractivity contribution >= 4 is 5.78 Å². The normalized spacial score (nSPS) is 28.1. The molecule has 1 unspecified atom stereocenters. The number of ketones is 1. The monoisotopic (exact) mass is 114 g/mol. The maximum absolute atomic E-state index is 10.00. The van der Waals surface area contributed by atoms with Crippen molar-refractivity contribution in [2.75, 3.05) is 0 Å². The molecular weight excluding hydrogens is 112 g/mol. The van der Waals surface area contributed by atoms with Crippen molar-refractivity contribution in [3.63, 3.8) is 0 Å². The van der Waals surface area contributed by atoms with E-state index in [2.05, 4.69) is 0 Å². The summed E-state index contributed by atoms with van der Waals surface area (Å²) in [6.45, 7) is 0. The molecule has 0 aliphatic heterocycles. The van der Waals surface area contributed by atoms with Gasteiger partial charge in [0.2, 0.25) is 0 Å². The molecule has 1 rings (SSSR count). The zero-order valence-corrected chi connectivity index (χ0v) is 3.75. The number of aliphatic hydroxyl groups excluding tert-OH is 1. The number of hydrogen-bond donors (Lipinski definition) is 1. The average molecular weight is 114 g/mol. The molecule has 0 radical (unpaired) electrons. The number of aliphatic hydroxyl groups is 1. The minimum absolute atomic E-state index is 0.852. The Morgan fingerprint density at radius 3 is 2.25 bits per heavy atom. The first-order valence-electron chi connectivity index (χ1n) is 1.94. The molecule has 0 saturated heterocycles. The Kier molecular flexibility index (Phi) is 0.783. The molecule has 1 N–H and O–H groups in total. The van der Waals surface area contributed by atoms with E-state index < -0.39 is 23.4 Å². The van der Waals surface area contributed by atoms with Crippen LogP contribution in [0.1, 0.15) is 0 Å². The highest BCUT2D eigenvalue weighted by Gasteiger charge is 2.22. The molecule has 0 aromatic carbocycles. The number of Topliss-reactive ketones (excluding diaryl/α,β-unsaturated/α-hetero) is 1. The summed E-state index contributed by atoms with van der Waals surface area (Å²) in [4.78, 5) is 9.93. The summed E-state index contributed by atoms with van der Waals surface area (Å²) in [5, 5.41) is 28.1. The van der Waals surface area contributed by atoms with Gasteiger partial charge in [0.15, 0.2) is 0 Å². The van der Waals surface area contributed by atoms with Gasteiger partial charge in [-0.15, -0.1) is 0 Å². The molecule has 4 heteroatoms. The summed E-state index contributed by atoms with van der Waals surface area (Å²) in [6.07, 6.45) is -1.79. The molecule has 0 spiro atoms. The zero-order chi connectivity index (χ0) is 6.31. The lowest BCUT2D eigenvalue weighted by Crippen LogP contribution is -2.50. The molecule has 0 bridgehead atoms. The Balaban J connectivity index is 2.90. The lowest BCUT2D eigenvalue weighted by molar-refractivity contribution is -0.416. The predicted octanol–water partition coefficient (Wildman–Crippen LogP) is -2.57. The van der Waals surface area contributed by atoms with Crippen LogP contribution in [0.2, 0.25) is 0 Å². The minimum atomic E-state index is -1.79. The molecular formula is C4H2O4-2. The van der Waals surface area contributed by atoms with E-state index in [4.69, 9.17) is 5.11 Å². The summed E-state index contributed by atoms with van der Waals surface area (Å²) in [5.41, 5.74) is 0. The smallest absolute Gasteiger partial charge is 0.145 e. The zero-order valence-electron chi connectivity index (χ0n) is 3.75. The molecule has 8 heavy (non-hydrogen) atoms. The highest BCUT2D eigenvalue weighted by Crippen LogP contribution is 2.13. The van der Waals surface area contributed by atoms with E-state index in [1.165, 1.54) is 0 Å². The molecule has 1 aliphatic carbocycles. The molecule has 0 aromatic rings. The minimum Gasteiger partial charge on any atom is -0.868 e. The molecule has 0 amide bonds. The van der Waals surface area contributed by atoms with Crippen LogP contribution in [0.25, 0.3) is 0 Å². The second kappa shape index (κ2) is 1.23. The van der Waals surface area contributed by atoms with Gasteiger partial charge in [-0.3, -0.25) is 4.79 Å². The van der Waals surface area contributed by atoms with Gasteiger partial charge in [-0.2, -0.15) is 0 Å². The van der Waals surface area contributed by atoms with E-state index in [9.17, 15) is 15.0 Å². The fourth-order valence-corrected chi connectivity index (χ4v) is 0.411. The number of carbonyl (C=O) groups is 1. The van der Waals surface area contributed by atoms with E-state index in [0.717, 1.165) is 0 Å². The van der Waals surface area contributed by atoms with Crippen LogP contribution in [0.3, 0.4) is 0 Å². The van der Waals surface area contributed by atoms with Crippen LogP contribution >= 0.6 is 0 Å². The molecule has 0 aromatic heterocycles. The first kappa shape index (κ1) is 5.11. The fraction of sp³-hybridized carbons (Fsp3) is 0.250. The summed E-state index contributed by atoms with van der Waals surface area (Å²) >= 11 is 0. The van der Waals surface area contributed by atoms with Gasteiger partial charge >= 0.3 is 0 Å². The third-order valence-electron chi connectivity index (χ3n) is 0.943. The lowest BCUT2D eigenvalue weighted by atomic mass is 10.0. The molecule has 1 aliphatic rings. The van der Waals surface area contributed by atoms with Crippen LogP contribution < -0.4 is 10.2 Å². The summed E-state index contributed by atoms with van der Waals surface area (Å²) < 4.78 is 0. The van der Waals surface area contributed by atoms with E-state index in [1.54, 1.807) is 0 Å². The molecule has 4 nitrogen and oxygen atoms in total. The number of hydrogen-bond acceptors (Lipinski definition) is 4. The predicted molar refractivity (Wildman–Crippen MR) is 18.4 cm³/mol. The summed E-state index contributed by atoms with van der Waals surface area (Å²) in [5.74, 6) is -2.93. The van der Waals surface area contributed by atoms with Gasteiger partial charge in [-0.1, -0.05) is 0 Å². The molecule has 44 valence electrons. The van der Waals surface area contributed by atoms with Gasteiger partial charge in [0.05, 0.1) is 5.76 Å². The third kappa shape index (κ3) is 0.350. The van der Waals surface area contributed by atoms with Crippen molar-refractivity contribution in [2.24, 2.45) is 0 Å². The Bertz CT molecular complexity index is 169. The highest BCUT2D eigenvalue weighted by atomic mass is 16.4. The quantitative estimate of drug-likeness (QED) is 0.375. The number of rotatable bonds is 0. The first-order valence-corrected chi connectivity index (χ1v) is 1.94. The van der Waals surface area contributed by atoms with E-state index in [0.29, 0.717) is 0 Å². The molecule has 0 heterocycles. The van der Waals surface area contributed by atoms with Gasteiger partial charge in [0.25, 0.3) is 0 Å². The third-order valence-corrected chi connectivity index (χ3v) is 0.943. The Morgan fingerprint density at radius 1 is 1.62 bits per heavy atom. The average Bonchev–Trinajstić information content (AvgIpc) is 1.83. The molecule has 1 atom stereocenters. The second-order valence-corrected chi connectivity index (χ2v) is 1.46. The van der Waals surface area contributed by atoms with Crippen molar-refractivity contribution < 1.29 is 20.1 Å². The van der Waals surface area contributed by atoms with Crippen molar-refractivity contribution in [3.8, 4) is 0 Å². The van der Waals surface area contributed by atoms with Crippen LogP contribution in [0, 0.1) is 0 Å². The van der Waals surface area contributed by atoms with Crippen LogP contribution in [0.15, 0.2) is 11.5 Å². The van der Waals surface area contributed by atoms with Gasteiger partial charge < -0.3 is 15.3 Å². The van der Waals surface area contributed by atoms with Gasteiger partial charge in [0.1, 0.15) is 5.78 Å². The van der Waals surface area contributed by atoms with Crippen molar-refractivity contribution in [2.45, 2.75) is 6.10 Å². The Hall–Kier alpha value is -1.03. The standard InChI is InChI=1S/C4H3O4/c5-1-2(6)4(8)3(1)7/h1,6,8H/q-1/p-1. The first-order chi connectivity index (χ1) is 3.64. The Morgan fingerprint density at radius 2 is 2.12 bits per heavy atom. The van der Waals surface area contributed by atoms with Gasteiger partial charge in [-0.25, -0.2) is 0 Å². The highest BCUT2D eigenvalue weighted by molar-refractivity contribution is 6.04. The lowest BCUT2D eigenvalue weighted by Gasteiger charge is -2.35. The van der Waals surface area contributed by atoms with Crippen LogP contribution in [0.4, 0.5) is 0 Å². The van der Waals surface area contributed by atoms with Gasteiger partial charge in [0, 0.05) is 0 Å². The SMILES string of the molecule is O=C1C([O-])=C(O)C1[O-]. The fourth-order valence-electron chi connectivity index (χ4n) is 0.411. The van der Waals surface area contributed by atoms with E-state index in [1.807, 2.05) is 0 Å². The molecule has 0 fully saturated rings. The largest absolute Gasteiger partial charge is 0.868 e. The maximum atomic E-state index is 10.00. The van der Waals surface area contributed by atoms with E-state index >= 15 is 0 Å². The van der Waals surface area contributed by atoms with Crippen molar-refractivity contribution in [3.05, 3.63) is 11.5 Å². The topological polar surface area (TPSA) is 83.4 Å². The Labute approximate surface area is 44.7 Å². The van der Waals surface area contributed by atoms with E-state index in [-0.39, 0.29) is 0 Å².